The van der Waals surface area contributed by atoms with E-state index in [0.29, 0.717) is 0 Å². The van der Waals surface area contributed by atoms with Crippen molar-refractivity contribution in [2.24, 2.45) is 0 Å². The lowest BCUT2D eigenvalue weighted by molar-refractivity contribution is 0.120. The van der Waals surface area contributed by atoms with Crippen LogP contribution in [0.5, 0.6) is 0 Å². The first-order chi connectivity index (χ1) is 29.7. The molecule has 0 N–H and O–H groups in total. The van der Waals surface area contributed by atoms with Crippen molar-refractivity contribution in [3.63, 3.8) is 0 Å². The Morgan fingerprint density at radius 2 is 0.700 bits per heavy atom. The van der Waals surface area contributed by atoms with Crippen molar-refractivity contribution in [3.05, 3.63) is 205 Å². The third-order valence-electron chi connectivity index (χ3n) is 12.3. The highest BCUT2D eigenvalue weighted by molar-refractivity contribution is 6.13. The van der Waals surface area contributed by atoms with Gasteiger partial charge in [0.05, 0.1) is 33.8 Å². The number of hydrogen-bond donors (Lipinski definition) is 0. The van der Waals surface area contributed by atoms with Crippen LogP contribution in [0.3, 0.4) is 0 Å². The van der Waals surface area contributed by atoms with Gasteiger partial charge >= 0.3 is 0 Å². The highest BCUT2D eigenvalue weighted by Gasteiger charge is 2.24. The van der Waals surface area contributed by atoms with E-state index in [-0.39, 0.29) is 0 Å². The fourth-order valence-electron chi connectivity index (χ4n) is 9.43. The first kappa shape index (κ1) is 36.2. The third kappa shape index (κ3) is 6.84. The van der Waals surface area contributed by atoms with E-state index in [1.54, 1.807) is 0 Å². The molecule has 0 aliphatic carbocycles. The molecule has 60 heavy (non-hydrogen) atoms. The fraction of sp³-hybridized carbons (Fsp3) is 0.148. The van der Waals surface area contributed by atoms with Crippen LogP contribution in [0, 0.1) is 0 Å². The zero-order chi connectivity index (χ0) is 39.8. The molecule has 6 aromatic carbocycles. The molecule has 292 valence electrons. The van der Waals surface area contributed by atoms with E-state index in [1.165, 1.54) is 54.7 Å². The first-order valence-corrected chi connectivity index (χ1v) is 21.2. The van der Waals surface area contributed by atoms with Crippen molar-refractivity contribution in [1.29, 1.82) is 0 Å². The fourth-order valence-corrected chi connectivity index (χ4v) is 9.43. The molecule has 11 rings (SSSR count). The Labute approximate surface area is 350 Å². The number of aromatic nitrogens is 4. The summed E-state index contributed by atoms with van der Waals surface area (Å²) in [5.41, 5.74) is 14.1. The average molecular weight is 779 g/mol. The predicted octanol–water partition coefficient (Wildman–Crippen LogP) is 11.4. The number of para-hydroxylation sites is 2. The summed E-state index contributed by atoms with van der Waals surface area (Å²) >= 11 is 0. The average Bonchev–Trinajstić information content (AvgIpc) is 3.79. The molecule has 10 aromatic rings. The zero-order valence-corrected chi connectivity index (χ0v) is 33.7. The van der Waals surface area contributed by atoms with Crippen LogP contribution in [-0.4, -0.2) is 55.1 Å². The van der Waals surface area contributed by atoms with Gasteiger partial charge in [-0.25, -0.2) is 9.97 Å². The maximum absolute atomic E-state index is 5.48. The molecule has 4 aromatic heterocycles. The Morgan fingerprint density at radius 1 is 0.350 bits per heavy atom. The van der Waals surface area contributed by atoms with Gasteiger partial charge in [-0.1, -0.05) is 158 Å². The van der Waals surface area contributed by atoms with Gasteiger partial charge in [-0.15, -0.1) is 0 Å². The molecule has 0 radical (unpaired) electrons. The second kappa shape index (κ2) is 15.7. The molecule has 1 aliphatic rings. The minimum absolute atomic E-state index is 0.790. The number of piperazine rings is 1. The van der Waals surface area contributed by atoms with Crippen molar-refractivity contribution in [2.45, 2.75) is 26.2 Å². The lowest BCUT2D eigenvalue weighted by Crippen LogP contribution is -2.45. The number of nitrogens with zero attached hydrogens (tertiary/aromatic N) is 6. The number of benzene rings is 6. The van der Waals surface area contributed by atoms with Crippen LogP contribution in [0.1, 0.15) is 22.5 Å². The second-order valence-corrected chi connectivity index (χ2v) is 16.2. The van der Waals surface area contributed by atoms with Gasteiger partial charge in [0.15, 0.2) is 0 Å². The summed E-state index contributed by atoms with van der Waals surface area (Å²) in [5, 5.41) is 5.09. The molecular formula is C54H46N6. The quantitative estimate of drug-likeness (QED) is 0.139. The maximum Gasteiger partial charge on any atom is 0.0949 e. The third-order valence-corrected chi connectivity index (χ3v) is 12.3. The van der Waals surface area contributed by atoms with E-state index in [4.69, 9.17) is 9.97 Å². The van der Waals surface area contributed by atoms with Gasteiger partial charge in [-0.2, -0.15) is 0 Å². The minimum atomic E-state index is 0.790. The molecule has 0 unspecified atom stereocenters. The Kier molecular flexibility index (Phi) is 9.49. The molecule has 1 aliphatic heterocycles. The van der Waals surface area contributed by atoms with Gasteiger partial charge < -0.3 is 9.13 Å². The molecular weight excluding hydrogens is 733 g/mol. The van der Waals surface area contributed by atoms with Crippen LogP contribution in [0.15, 0.2) is 182 Å². The van der Waals surface area contributed by atoms with Crippen molar-refractivity contribution in [2.75, 3.05) is 26.2 Å². The van der Waals surface area contributed by atoms with E-state index in [1.807, 2.05) is 0 Å². The number of hydrogen-bond acceptors (Lipinski definition) is 4. The lowest BCUT2D eigenvalue weighted by atomic mass is 10.1. The summed E-state index contributed by atoms with van der Waals surface area (Å²) in [6.07, 6.45) is 0. The molecule has 6 heteroatoms. The summed E-state index contributed by atoms with van der Waals surface area (Å²) in [5.74, 6) is 0. The number of pyridine rings is 2. The van der Waals surface area contributed by atoms with Gasteiger partial charge in [-0.05, 0) is 35.4 Å². The Bertz CT molecular complexity index is 2880. The van der Waals surface area contributed by atoms with E-state index in [0.717, 1.165) is 86.3 Å². The van der Waals surface area contributed by atoms with Crippen LogP contribution in [-0.2, 0) is 26.2 Å². The predicted molar refractivity (Wildman–Crippen MR) is 247 cm³/mol. The summed E-state index contributed by atoms with van der Waals surface area (Å²) in [7, 11) is 0. The molecule has 6 nitrogen and oxygen atoms in total. The van der Waals surface area contributed by atoms with Crippen LogP contribution in [0.25, 0.3) is 66.1 Å². The number of fused-ring (bicyclic) bond motifs is 6. The monoisotopic (exact) mass is 778 g/mol. The SMILES string of the molecule is c1ccc(Cn2c3ccccc3c3cc(CN4CCN(Cc5cc6c7ccccc7n(Cc7ccccc7)c6c(-c6ccccc6)n5)CC4)nc(-c4ccccc4)c32)cc1. The molecule has 0 bridgehead atoms. The first-order valence-electron chi connectivity index (χ1n) is 21.2. The Morgan fingerprint density at radius 3 is 1.10 bits per heavy atom. The van der Waals surface area contributed by atoms with E-state index >= 15 is 0 Å². The van der Waals surface area contributed by atoms with Gasteiger partial charge in [0.2, 0.25) is 0 Å². The summed E-state index contributed by atoms with van der Waals surface area (Å²) < 4.78 is 4.93. The Hall–Kier alpha value is -6.86. The van der Waals surface area contributed by atoms with Crippen molar-refractivity contribution >= 4 is 43.6 Å². The van der Waals surface area contributed by atoms with Crippen LogP contribution in [0.4, 0.5) is 0 Å². The largest absolute Gasteiger partial charge is 0.334 e. The zero-order valence-electron chi connectivity index (χ0n) is 33.7. The highest BCUT2D eigenvalue weighted by atomic mass is 15.3. The normalized spacial score (nSPS) is 13.9. The molecule has 0 atom stereocenters. The molecule has 1 fully saturated rings. The van der Waals surface area contributed by atoms with Gasteiger partial charge in [0.25, 0.3) is 0 Å². The summed E-state index contributed by atoms with van der Waals surface area (Å²) in [6, 6.07) is 65.4. The molecule has 0 amide bonds. The van der Waals surface area contributed by atoms with E-state index < -0.39 is 0 Å². The Balaban J connectivity index is 0.895. The van der Waals surface area contributed by atoms with Crippen molar-refractivity contribution in [1.82, 2.24) is 28.9 Å². The number of rotatable bonds is 10. The van der Waals surface area contributed by atoms with Crippen LogP contribution in [0.2, 0.25) is 0 Å². The maximum atomic E-state index is 5.48. The summed E-state index contributed by atoms with van der Waals surface area (Å²) in [4.78, 5) is 16.1. The molecule has 0 saturated carbocycles. The smallest absolute Gasteiger partial charge is 0.0949 e. The molecule has 5 heterocycles. The summed E-state index contributed by atoms with van der Waals surface area (Å²) in [6.45, 7) is 7.09. The topological polar surface area (TPSA) is 42.1 Å². The van der Waals surface area contributed by atoms with Gasteiger partial charge in [0, 0.05) is 96.1 Å². The standard InChI is InChI=1S/C54H46N6/c1-5-17-39(18-6-1)35-59-49-27-15-13-25-45(49)47-33-43(55-51(53(47)59)41-21-9-3-10-22-41)37-57-29-31-58(32-30-57)38-44-34-48-46-26-14-16-28-50(46)60(36-40-19-7-2-8-20-40)54(48)52(56-44)42-23-11-4-12-24-42/h1-28,33-34H,29-32,35-38H2. The van der Waals surface area contributed by atoms with Gasteiger partial charge in [-0.3, -0.25) is 9.80 Å². The van der Waals surface area contributed by atoms with Crippen molar-refractivity contribution in [3.8, 4) is 22.5 Å². The van der Waals surface area contributed by atoms with Crippen molar-refractivity contribution < 1.29 is 0 Å². The van der Waals surface area contributed by atoms with Crippen LogP contribution < -0.4 is 0 Å². The molecule has 1 saturated heterocycles. The van der Waals surface area contributed by atoms with Gasteiger partial charge in [0.1, 0.15) is 0 Å². The lowest BCUT2D eigenvalue weighted by Gasteiger charge is -2.34. The molecule has 0 spiro atoms. The van der Waals surface area contributed by atoms with Crippen LogP contribution >= 0.6 is 0 Å². The van der Waals surface area contributed by atoms with E-state index in [2.05, 4.69) is 201 Å². The van der Waals surface area contributed by atoms with E-state index in [9.17, 15) is 0 Å². The second-order valence-electron chi connectivity index (χ2n) is 16.2. The highest BCUT2D eigenvalue weighted by Crippen LogP contribution is 2.38. The minimum Gasteiger partial charge on any atom is -0.334 e.